The van der Waals surface area contributed by atoms with Crippen LogP contribution in [0.25, 0.3) is 11.1 Å². The zero-order chi connectivity index (χ0) is 14.9. The summed E-state index contributed by atoms with van der Waals surface area (Å²) in [5.74, 6) is -1.22. The molecule has 3 N–H and O–H groups in total. The SMILES string of the molecule is Nc1ccc(C(=O)O)c(-c2cccc(C(F)(F)F)c2)c1. The first-order chi connectivity index (χ1) is 9.29. The van der Waals surface area contributed by atoms with Crippen LogP contribution < -0.4 is 5.73 Å². The fraction of sp³-hybridized carbons (Fsp3) is 0.0714. The second kappa shape index (κ2) is 4.88. The average Bonchev–Trinajstić information content (AvgIpc) is 2.37. The molecule has 0 aromatic heterocycles. The summed E-state index contributed by atoms with van der Waals surface area (Å²) in [6, 6.07) is 8.48. The molecule has 0 fully saturated rings. The molecule has 0 bridgehead atoms. The van der Waals surface area contributed by atoms with Gasteiger partial charge in [-0.15, -0.1) is 0 Å². The van der Waals surface area contributed by atoms with Crippen LogP contribution in [0.5, 0.6) is 0 Å². The molecular weight excluding hydrogens is 271 g/mol. The second-order valence-electron chi connectivity index (χ2n) is 4.19. The Hall–Kier alpha value is -2.50. The number of carbonyl (C=O) groups is 1. The first-order valence-corrected chi connectivity index (χ1v) is 5.59. The van der Waals surface area contributed by atoms with Crippen molar-refractivity contribution in [3.05, 3.63) is 53.6 Å². The van der Waals surface area contributed by atoms with Gasteiger partial charge < -0.3 is 10.8 Å². The summed E-state index contributed by atoms with van der Waals surface area (Å²) in [6.07, 6.45) is -4.49. The van der Waals surface area contributed by atoms with E-state index in [2.05, 4.69) is 0 Å². The van der Waals surface area contributed by atoms with Crippen LogP contribution in [0, 0.1) is 0 Å². The largest absolute Gasteiger partial charge is 0.478 e. The van der Waals surface area contributed by atoms with Crippen molar-refractivity contribution in [2.45, 2.75) is 6.18 Å². The molecule has 0 unspecified atom stereocenters. The zero-order valence-electron chi connectivity index (χ0n) is 10.1. The predicted octanol–water partition coefficient (Wildman–Crippen LogP) is 3.65. The summed E-state index contributed by atoms with van der Waals surface area (Å²) in [5, 5.41) is 9.08. The van der Waals surface area contributed by atoms with E-state index >= 15 is 0 Å². The van der Waals surface area contributed by atoms with Gasteiger partial charge in [0, 0.05) is 5.69 Å². The van der Waals surface area contributed by atoms with Crippen LogP contribution in [0.4, 0.5) is 18.9 Å². The zero-order valence-corrected chi connectivity index (χ0v) is 10.1. The van der Waals surface area contributed by atoms with Gasteiger partial charge in [-0.2, -0.15) is 13.2 Å². The van der Waals surface area contributed by atoms with Crippen molar-refractivity contribution in [1.82, 2.24) is 0 Å². The molecule has 0 spiro atoms. The maximum absolute atomic E-state index is 12.7. The van der Waals surface area contributed by atoms with Crippen LogP contribution >= 0.6 is 0 Å². The van der Waals surface area contributed by atoms with Gasteiger partial charge in [0.2, 0.25) is 0 Å². The third-order valence-corrected chi connectivity index (χ3v) is 2.77. The normalized spacial score (nSPS) is 11.3. The van der Waals surface area contributed by atoms with Crippen LogP contribution in [0.3, 0.4) is 0 Å². The van der Waals surface area contributed by atoms with Gasteiger partial charge in [-0.3, -0.25) is 0 Å². The maximum atomic E-state index is 12.7. The standard InChI is InChI=1S/C14H10F3NO2/c15-14(16,17)9-3-1-2-8(6-9)12-7-10(18)4-5-11(12)13(19)20/h1-7H,18H2,(H,19,20). The van der Waals surface area contributed by atoms with Crippen LogP contribution in [0.15, 0.2) is 42.5 Å². The molecule has 0 amide bonds. The fourth-order valence-corrected chi connectivity index (χ4v) is 1.85. The molecule has 3 nitrogen and oxygen atoms in total. The van der Waals surface area contributed by atoms with E-state index in [1.165, 1.54) is 30.3 Å². The van der Waals surface area contributed by atoms with E-state index in [0.29, 0.717) is 0 Å². The number of aromatic carboxylic acids is 1. The van der Waals surface area contributed by atoms with Crippen molar-refractivity contribution in [2.75, 3.05) is 5.73 Å². The summed E-state index contributed by atoms with van der Waals surface area (Å²) in [7, 11) is 0. The highest BCUT2D eigenvalue weighted by Gasteiger charge is 2.30. The van der Waals surface area contributed by atoms with Crippen molar-refractivity contribution in [2.24, 2.45) is 0 Å². The quantitative estimate of drug-likeness (QED) is 0.826. The molecule has 0 aliphatic rings. The van der Waals surface area contributed by atoms with E-state index in [1.807, 2.05) is 0 Å². The van der Waals surface area contributed by atoms with Crippen LogP contribution in [0.2, 0.25) is 0 Å². The Morgan fingerprint density at radius 3 is 2.40 bits per heavy atom. The summed E-state index contributed by atoms with van der Waals surface area (Å²) >= 11 is 0. The molecule has 2 aromatic carbocycles. The third kappa shape index (κ3) is 2.74. The van der Waals surface area contributed by atoms with Gasteiger partial charge >= 0.3 is 12.1 Å². The molecule has 0 saturated carbocycles. The molecule has 2 aromatic rings. The highest BCUT2D eigenvalue weighted by Crippen LogP contribution is 2.33. The molecular formula is C14H10F3NO2. The number of rotatable bonds is 2. The van der Waals surface area contributed by atoms with E-state index in [0.717, 1.165) is 12.1 Å². The van der Waals surface area contributed by atoms with E-state index in [9.17, 15) is 18.0 Å². The molecule has 0 atom stereocenters. The molecule has 0 heterocycles. The number of hydrogen-bond donors (Lipinski definition) is 2. The van der Waals surface area contributed by atoms with Gasteiger partial charge in [-0.1, -0.05) is 12.1 Å². The van der Waals surface area contributed by atoms with Crippen molar-refractivity contribution >= 4 is 11.7 Å². The number of carboxylic acids is 1. The lowest BCUT2D eigenvalue weighted by atomic mass is 9.97. The van der Waals surface area contributed by atoms with E-state index in [-0.39, 0.29) is 22.4 Å². The summed E-state index contributed by atoms with van der Waals surface area (Å²) in [4.78, 5) is 11.1. The number of alkyl halides is 3. The summed E-state index contributed by atoms with van der Waals surface area (Å²) in [6.45, 7) is 0. The number of nitrogens with two attached hydrogens (primary N) is 1. The van der Waals surface area contributed by atoms with E-state index in [4.69, 9.17) is 10.8 Å². The monoisotopic (exact) mass is 281 g/mol. The topological polar surface area (TPSA) is 63.3 Å². The Morgan fingerprint density at radius 1 is 1.10 bits per heavy atom. The van der Waals surface area contributed by atoms with Gasteiger partial charge in [0.25, 0.3) is 0 Å². The van der Waals surface area contributed by atoms with Crippen molar-refractivity contribution in [3.63, 3.8) is 0 Å². The number of halogens is 3. The first-order valence-electron chi connectivity index (χ1n) is 5.59. The molecule has 0 aliphatic carbocycles. The van der Waals surface area contributed by atoms with Gasteiger partial charge in [0.1, 0.15) is 0 Å². The van der Waals surface area contributed by atoms with E-state index < -0.39 is 17.7 Å². The summed E-state index contributed by atoms with van der Waals surface area (Å²) in [5.41, 5.74) is 5.23. The van der Waals surface area contributed by atoms with Gasteiger partial charge in [0.15, 0.2) is 0 Å². The van der Waals surface area contributed by atoms with E-state index in [1.54, 1.807) is 0 Å². The lowest BCUT2D eigenvalue weighted by molar-refractivity contribution is -0.137. The lowest BCUT2D eigenvalue weighted by Gasteiger charge is -2.11. The highest BCUT2D eigenvalue weighted by atomic mass is 19.4. The maximum Gasteiger partial charge on any atom is 0.416 e. The van der Waals surface area contributed by atoms with Gasteiger partial charge in [-0.25, -0.2) is 4.79 Å². The molecule has 6 heteroatoms. The number of benzene rings is 2. The minimum Gasteiger partial charge on any atom is -0.478 e. The van der Waals surface area contributed by atoms with Gasteiger partial charge in [-0.05, 0) is 41.5 Å². The Morgan fingerprint density at radius 2 is 1.80 bits per heavy atom. The fourth-order valence-electron chi connectivity index (χ4n) is 1.85. The second-order valence-corrected chi connectivity index (χ2v) is 4.19. The Balaban J connectivity index is 2.62. The molecule has 0 aliphatic heterocycles. The predicted molar refractivity (Wildman–Crippen MR) is 68.3 cm³/mol. The number of hydrogen-bond acceptors (Lipinski definition) is 2. The number of nitrogen functional groups attached to an aromatic ring is 1. The van der Waals surface area contributed by atoms with Gasteiger partial charge in [0.05, 0.1) is 11.1 Å². The first kappa shape index (κ1) is 13.9. The average molecular weight is 281 g/mol. The Kier molecular flexibility index (Phi) is 3.40. The third-order valence-electron chi connectivity index (χ3n) is 2.77. The molecule has 2 rings (SSSR count). The molecule has 0 radical (unpaired) electrons. The summed E-state index contributed by atoms with van der Waals surface area (Å²) < 4.78 is 38.0. The number of carboxylic acid groups (broad SMARTS) is 1. The van der Waals surface area contributed by atoms with Crippen molar-refractivity contribution < 1.29 is 23.1 Å². The van der Waals surface area contributed by atoms with Crippen LogP contribution in [-0.4, -0.2) is 11.1 Å². The minimum absolute atomic E-state index is 0.0986. The van der Waals surface area contributed by atoms with Crippen LogP contribution in [-0.2, 0) is 6.18 Å². The van der Waals surface area contributed by atoms with Crippen molar-refractivity contribution in [3.8, 4) is 11.1 Å². The Labute approximate surface area is 112 Å². The number of anilines is 1. The molecule has 104 valence electrons. The minimum atomic E-state index is -4.49. The van der Waals surface area contributed by atoms with Crippen LogP contribution in [0.1, 0.15) is 15.9 Å². The lowest BCUT2D eigenvalue weighted by Crippen LogP contribution is -2.05. The molecule has 20 heavy (non-hydrogen) atoms. The smallest absolute Gasteiger partial charge is 0.416 e. The molecule has 0 saturated heterocycles. The van der Waals surface area contributed by atoms with Crippen molar-refractivity contribution in [1.29, 1.82) is 0 Å². The Bertz CT molecular complexity index is 666. The highest BCUT2D eigenvalue weighted by molar-refractivity contribution is 5.96.